The van der Waals surface area contributed by atoms with Crippen LogP contribution in [0.3, 0.4) is 0 Å². The first-order valence-corrected chi connectivity index (χ1v) is 8.84. The van der Waals surface area contributed by atoms with Crippen LogP contribution in [0.25, 0.3) is 0 Å². The zero-order valence-electron chi connectivity index (χ0n) is 12.2. The van der Waals surface area contributed by atoms with Crippen LogP contribution in [0.2, 0.25) is 0 Å². The first-order chi connectivity index (χ1) is 10.9. The van der Waals surface area contributed by atoms with E-state index in [1.165, 1.54) is 0 Å². The van der Waals surface area contributed by atoms with Gasteiger partial charge in [-0.3, -0.25) is 25.8 Å². The van der Waals surface area contributed by atoms with E-state index in [1.807, 2.05) is 19.1 Å². The fourth-order valence-corrected chi connectivity index (χ4v) is 3.49. The molecule has 1 aromatic rings. The molecule has 0 radical (unpaired) electrons. The number of nitrogens with one attached hydrogen (secondary N) is 3. The molecule has 9 heteroatoms. The normalized spacial score (nSPS) is 13.2. The molecule has 2 amide bonds. The Morgan fingerprint density at radius 1 is 1.30 bits per heavy atom. The van der Waals surface area contributed by atoms with Crippen molar-refractivity contribution >= 4 is 61.0 Å². The summed E-state index contributed by atoms with van der Waals surface area (Å²) < 4.78 is 7.16. The fourth-order valence-electron chi connectivity index (χ4n) is 1.77. The van der Waals surface area contributed by atoms with Gasteiger partial charge < -0.3 is 4.74 Å². The van der Waals surface area contributed by atoms with Gasteiger partial charge in [-0.25, -0.2) is 0 Å². The fraction of sp³-hybridized carbons (Fsp3) is 0.357. The molecule has 1 aliphatic carbocycles. The lowest BCUT2D eigenvalue weighted by atomic mass is 10.2. The predicted molar refractivity (Wildman–Crippen MR) is 96.8 cm³/mol. The number of aryl methyl sites for hydroxylation is 1. The number of amides is 2. The summed E-state index contributed by atoms with van der Waals surface area (Å²) in [4.78, 5) is 23.2. The van der Waals surface area contributed by atoms with Crippen LogP contribution in [0, 0.1) is 12.8 Å². The summed E-state index contributed by atoms with van der Waals surface area (Å²) in [7, 11) is 0. The molecular formula is C14H15Br2N3O3S. The van der Waals surface area contributed by atoms with E-state index < -0.39 is 5.91 Å². The summed E-state index contributed by atoms with van der Waals surface area (Å²) in [5.74, 6) is 0.107. The van der Waals surface area contributed by atoms with Crippen LogP contribution in [0.4, 0.5) is 0 Å². The summed E-state index contributed by atoms with van der Waals surface area (Å²) in [6.07, 6.45) is 1.78. The Morgan fingerprint density at radius 2 is 2.00 bits per heavy atom. The monoisotopic (exact) mass is 463 g/mol. The van der Waals surface area contributed by atoms with E-state index in [0.717, 1.165) is 27.4 Å². The number of ether oxygens (including phenoxy) is 1. The smallest absolute Gasteiger partial charge is 0.264 e. The topological polar surface area (TPSA) is 79.5 Å². The first kappa shape index (κ1) is 18.2. The second kappa shape index (κ2) is 8.07. The van der Waals surface area contributed by atoms with E-state index >= 15 is 0 Å². The Morgan fingerprint density at radius 3 is 2.61 bits per heavy atom. The van der Waals surface area contributed by atoms with Crippen LogP contribution in [0.5, 0.6) is 5.75 Å². The molecule has 1 fully saturated rings. The molecule has 0 aromatic heterocycles. The molecule has 23 heavy (non-hydrogen) atoms. The minimum absolute atomic E-state index is 0.0270. The zero-order chi connectivity index (χ0) is 17.0. The standard InChI is InChI=1S/C14H15Br2N3O3S/c1-7-4-9(15)5-10(16)12(7)22-6-11(20)17-14(23)19-18-13(21)8-2-3-8/h4-5,8H,2-3,6H2,1H3,(H,18,21)(H2,17,19,20,23). The number of hydrazine groups is 1. The van der Waals surface area contributed by atoms with Crippen molar-refractivity contribution in [2.75, 3.05) is 6.61 Å². The third-order valence-electron chi connectivity index (χ3n) is 3.04. The molecule has 1 aliphatic rings. The van der Waals surface area contributed by atoms with Gasteiger partial charge in [-0.1, -0.05) is 15.9 Å². The summed E-state index contributed by atoms with van der Waals surface area (Å²) in [6.45, 7) is 1.68. The number of benzene rings is 1. The molecule has 0 unspecified atom stereocenters. The maximum atomic E-state index is 11.8. The van der Waals surface area contributed by atoms with E-state index in [-0.39, 0.29) is 23.5 Å². The van der Waals surface area contributed by atoms with E-state index in [2.05, 4.69) is 48.0 Å². The Hall–Kier alpha value is -1.19. The van der Waals surface area contributed by atoms with E-state index in [1.54, 1.807) is 0 Å². The van der Waals surface area contributed by atoms with Crippen LogP contribution in [-0.2, 0) is 9.59 Å². The van der Waals surface area contributed by atoms with Gasteiger partial charge in [0.15, 0.2) is 11.7 Å². The lowest BCUT2D eigenvalue weighted by Crippen LogP contribution is -2.49. The number of rotatable bonds is 4. The highest BCUT2D eigenvalue weighted by molar-refractivity contribution is 9.11. The summed E-state index contributed by atoms with van der Waals surface area (Å²) in [5, 5.41) is 2.46. The van der Waals surface area contributed by atoms with Crippen LogP contribution in [0.1, 0.15) is 18.4 Å². The second-order valence-electron chi connectivity index (χ2n) is 5.09. The number of hydrogen-bond donors (Lipinski definition) is 3. The van der Waals surface area contributed by atoms with Gasteiger partial charge in [0.1, 0.15) is 5.75 Å². The van der Waals surface area contributed by atoms with Gasteiger partial charge in [-0.2, -0.15) is 0 Å². The molecule has 124 valence electrons. The third-order valence-corrected chi connectivity index (χ3v) is 4.29. The van der Waals surface area contributed by atoms with Gasteiger partial charge in [-0.15, -0.1) is 0 Å². The van der Waals surface area contributed by atoms with Crippen molar-refractivity contribution in [3.63, 3.8) is 0 Å². The highest BCUT2D eigenvalue weighted by Gasteiger charge is 2.29. The number of thiocarbonyl (C=S) groups is 1. The van der Waals surface area contributed by atoms with Gasteiger partial charge in [0.05, 0.1) is 4.47 Å². The van der Waals surface area contributed by atoms with Gasteiger partial charge >= 0.3 is 0 Å². The lowest BCUT2D eigenvalue weighted by molar-refractivity contribution is -0.123. The number of hydrogen-bond acceptors (Lipinski definition) is 4. The first-order valence-electron chi connectivity index (χ1n) is 6.85. The lowest BCUT2D eigenvalue weighted by Gasteiger charge is -2.13. The molecule has 2 rings (SSSR count). The van der Waals surface area contributed by atoms with Crippen LogP contribution in [-0.4, -0.2) is 23.5 Å². The van der Waals surface area contributed by atoms with Crippen molar-refractivity contribution in [1.82, 2.24) is 16.2 Å². The van der Waals surface area contributed by atoms with Crippen molar-refractivity contribution in [3.05, 3.63) is 26.6 Å². The van der Waals surface area contributed by atoms with Gasteiger partial charge in [0.2, 0.25) is 5.91 Å². The zero-order valence-corrected chi connectivity index (χ0v) is 16.2. The Balaban J connectivity index is 1.76. The quantitative estimate of drug-likeness (QED) is 0.470. The predicted octanol–water partition coefficient (Wildman–Crippen LogP) is 2.33. The van der Waals surface area contributed by atoms with Gasteiger partial charge in [-0.05, 0) is 65.6 Å². The Bertz CT molecular complexity index is 627. The number of carbonyl (C=O) groups excluding carboxylic acids is 2. The van der Waals surface area contributed by atoms with E-state index in [4.69, 9.17) is 17.0 Å². The van der Waals surface area contributed by atoms with Crippen LogP contribution >= 0.6 is 44.1 Å². The molecule has 1 aromatic carbocycles. The summed E-state index contributed by atoms with van der Waals surface area (Å²) >= 11 is 11.7. The minimum Gasteiger partial charge on any atom is -0.482 e. The average Bonchev–Trinajstić information content (AvgIpc) is 3.28. The Kier molecular flexibility index (Phi) is 6.37. The van der Waals surface area contributed by atoms with Crippen LogP contribution < -0.4 is 20.9 Å². The summed E-state index contributed by atoms with van der Waals surface area (Å²) in [6, 6.07) is 3.72. The minimum atomic E-state index is -0.419. The van der Waals surface area contributed by atoms with Gasteiger partial charge in [0.25, 0.3) is 5.91 Å². The molecular weight excluding hydrogens is 450 g/mol. The molecule has 0 spiro atoms. The maximum absolute atomic E-state index is 11.8. The number of halogens is 2. The molecule has 0 atom stereocenters. The molecule has 6 nitrogen and oxygen atoms in total. The highest BCUT2D eigenvalue weighted by atomic mass is 79.9. The van der Waals surface area contributed by atoms with Crippen molar-refractivity contribution in [2.24, 2.45) is 5.92 Å². The summed E-state index contributed by atoms with van der Waals surface area (Å²) in [5.41, 5.74) is 5.83. The second-order valence-corrected chi connectivity index (χ2v) is 7.27. The van der Waals surface area contributed by atoms with Crippen molar-refractivity contribution in [3.8, 4) is 5.75 Å². The molecule has 1 saturated carbocycles. The molecule has 3 N–H and O–H groups in total. The Labute approximate surface area is 155 Å². The average molecular weight is 465 g/mol. The molecule has 0 bridgehead atoms. The SMILES string of the molecule is Cc1cc(Br)cc(Br)c1OCC(=O)NC(=S)NNC(=O)C1CC1. The number of carbonyl (C=O) groups is 2. The van der Waals surface area contributed by atoms with E-state index in [9.17, 15) is 9.59 Å². The van der Waals surface area contributed by atoms with Crippen molar-refractivity contribution in [2.45, 2.75) is 19.8 Å². The maximum Gasteiger partial charge on any atom is 0.264 e. The third kappa shape index (κ3) is 5.74. The van der Waals surface area contributed by atoms with Crippen LogP contribution in [0.15, 0.2) is 21.1 Å². The highest BCUT2D eigenvalue weighted by Crippen LogP contribution is 2.32. The van der Waals surface area contributed by atoms with Crippen molar-refractivity contribution in [1.29, 1.82) is 0 Å². The van der Waals surface area contributed by atoms with E-state index in [0.29, 0.717) is 5.75 Å². The van der Waals surface area contributed by atoms with Crippen molar-refractivity contribution < 1.29 is 14.3 Å². The molecule has 0 heterocycles. The molecule has 0 saturated heterocycles. The molecule has 0 aliphatic heterocycles. The van der Waals surface area contributed by atoms with Gasteiger partial charge in [0, 0.05) is 10.4 Å². The largest absolute Gasteiger partial charge is 0.482 e.